The zero-order valence-corrected chi connectivity index (χ0v) is 17.0. The van der Waals surface area contributed by atoms with Crippen LogP contribution in [-0.2, 0) is 14.3 Å². The van der Waals surface area contributed by atoms with E-state index in [0.29, 0.717) is 17.0 Å². The first-order valence-electron chi connectivity index (χ1n) is 8.98. The Morgan fingerprint density at radius 1 is 1.07 bits per heavy atom. The number of amides is 1. The van der Waals surface area contributed by atoms with Crippen molar-refractivity contribution in [1.29, 1.82) is 0 Å². The van der Waals surface area contributed by atoms with Crippen LogP contribution in [0.25, 0.3) is 11.6 Å². The highest BCUT2D eigenvalue weighted by Gasteiger charge is 2.17. The molecule has 0 aliphatic heterocycles. The van der Waals surface area contributed by atoms with E-state index in [1.807, 2.05) is 48.7 Å². The van der Waals surface area contributed by atoms with Gasteiger partial charge in [0.05, 0.1) is 12.7 Å². The van der Waals surface area contributed by atoms with Crippen molar-refractivity contribution in [2.45, 2.75) is 6.92 Å². The maximum absolute atomic E-state index is 12.7. The van der Waals surface area contributed by atoms with E-state index in [9.17, 15) is 9.59 Å². The maximum atomic E-state index is 12.7. The van der Waals surface area contributed by atoms with Crippen molar-refractivity contribution in [3.8, 4) is 5.75 Å². The van der Waals surface area contributed by atoms with Crippen molar-refractivity contribution in [3.05, 3.63) is 82.0 Å². The van der Waals surface area contributed by atoms with Gasteiger partial charge in [-0.3, -0.25) is 4.79 Å². The molecule has 0 fully saturated rings. The van der Waals surface area contributed by atoms with Crippen molar-refractivity contribution in [3.63, 3.8) is 0 Å². The first-order valence-corrected chi connectivity index (χ1v) is 9.86. The minimum atomic E-state index is -0.547. The number of hydrogen-bond donors (Lipinski definition) is 1. The van der Waals surface area contributed by atoms with Crippen LogP contribution in [0.1, 0.15) is 16.0 Å². The molecule has 148 valence electrons. The Morgan fingerprint density at radius 2 is 1.90 bits per heavy atom. The van der Waals surface area contributed by atoms with E-state index in [1.54, 1.807) is 37.5 Å². The van der Waals surface area contributed by atoms with Crippen LogP contribution in [-0.4, -0.2) is 25.6 Å². The Labute approximate surface area is 173 Å². The predicted octanol–water partition coefficient (Wildman–Crippen LogP) is 4.79. The molecule has 6 heteroatoms. The number of ether oxygens (including phenoxy) is 2. The topological polar surface area (TPSA) is 64.6 Å². The van der Waals surface area contributed by atoms with Crippen LogP contribution in [0.5, 0.6) is 5.75 Å². The van der Waals surface area contributed by atoms with Gasteiger partial charge in [-0.2, -0.15) is 0 Å². The lowest BCUT2D eigenvalue weighted by molar-refractivity contribution is -0.141. The summed E-state index contributed by atoms with van der Waals surface area (Å²) in [6.07, 6.45) is 1.78. The number of esters is 1. The number of benzene rings is 2. The molecule has 1 N–H and O–H groups in total. The van der Waals surface area contributed by atoms with Gasteiger partial charge in [-0.1, -0.05) is 42.0 Å². The summed E-state index contributed by atoms with van der Waals surface area (Å²) in [5, 5.41) is 4.58. The van der Waals surface area contributed by atoms with Gasteiger partial charge in [0.2, 0.25) is 0 Å². The van der Waals surface area contributed by atoms with Crippen molar-refractivity contribution >= 4 is 40.5 Å². The molecule has 0 bridgehead atoms. The molecule has 2 aromatic carbocycles. The summed E-state index contributed by atoms with van der Waals surface area (Å²) in [6, 6.07) is 18.5. The van der Waals surface area contributed by atoms with Gasteiger partial charge in [-0.25, -0.2) is 4.79 Å². The molecule has 0 spiro atoms. The maximum Gasteiger partial charge on any atom is 0.340 e. The fourth-order valence-electron chi connectivity index (χ4n) is 2.70. The summed E-state index contributed by atoms with van der Waals surface area (Å²) in [5.74, 6) is -0.344. The lowest BCUT2D eigenvalue weighted by atomic mass is 10.1. The van der Waals surface area contributed by atoms with Crippen LogP contribution in [0.3, 0.4) is 0 Å². The molecule has 1 amide bonds. The minimum absolute atomic E-state index is 0.382. The lowest BCUT2D eigenvalue weighted by Crippen LogP contribution is -2.21. The Bertz CT molecular complexity index is 1020. The van der Waals surface area contributed by atoms with E-state index in [0.717, 1.165) is 16.0 Å². The Kier molecular flexibility index (Phi) is 6.81. The summed E-state index contributed by atoms with van der Waals surface area (Å²) in [5.41, 5.74) is 2.97. The Morgan fingerprint density at radius 3 is 2.62 bits per heavy atom. The van der Waals surface area contributed by atoms with E-state index in [4.69, 9.17) is 9.47 Å². The van der Waals surface area contributed by atoms with Gasteiger partial charge in [0.1, 0.15) is 5.75 Å². The molecule has 0 saturated carbocycles. The second-order valence-electron chi connectivity index (χ2n) is 6.31. The van der Waals surface area contributed by atoms with Crippen LogP contribution < -0.4 is 10.1 Å². The van der Waals surface area contributed by atoms with Crippen LogP contribution in [0.2, 0.25) is 0 Å². The van der Waals surface area contributed by atoms with E-state index in [-0.39, 0.29) is 6.61 Å². The van der Waals surface area contributed by atoms with Gasteiger partial charge in [-0.05, 0) is 42.1 Å². The molecule has 0 aliphatic rings. The third-order valence-corrected chi connectivity index (χ3v) is 4.95. The van der Waals surface area contributed by atoms with Crippen LogP contribution in [0.15, 0.2) is 66.0 Å². The molecule has 0 saturated heterocycles. The largest absolute Gasteiger partial charge is 0.497 e. The second kappa shape index (κ2) is 9.71. The zero-order chi connectivity index (χ0) is 20.6. The van der Waals surface area contributed by atoms with E-state index < -0.39 is 11.9 Å². The number of carbonyl (C=O) groups excluding carboxylic acids is 2. The quantitative estimate of drug-likeness (QED) is 0.452. The molecular formula is C23H21NO4S. The Balaban J connectivity index is 1.69. The SMILES string of the molecule is COc1cccc(NC(=O)COC(=O)/C(=C/c2cccc(C)c2)c2cccs2)c1. The average Bonchev–Trinajstić information content (AvgIpc) is 3.25. The van der Waals surface area contributed by atoms with Crippen molar-refractivity contribution in [1.82, 2.24) is 0 Å². The van der Waals surface area contributed by atoms with Crippen LogP contribution >= 0.6 is 11.3 Å². The van der Waals surface area contributed by atoms with Crippen LogP contribution in [0.4, 0.5) is 5.69 Å². The number of anilines is 1. The number of aryl methyl sites for hydroxylation is 1. The molecule has 0 radical (unpaired) electrons. The fourth-order valence-corrected chi connectivity index (χ4v) is 3.43. The molecule has 29 heavy (non-hydrogen) atoms. The second-order valence-corrected chi connectivity index (χ2v) is 7.25. The molecule has 0 aliphatic carbocycles. The smallest absolute Gasteiger partial charge is 0.340 e. The number of rotatable bonds is 7. The summed E-state index contributed by atoms with van der Waals surface area (Å²) < 4.78 is 10.4. The molecule has 3 rings (SSSR count). The monoisotopic (exact) mass is 407 g/mol. The number of methoxy groups -OCH3 is 1. The number of carbonyl (C=O) groups is 2. The third kappa shape index (κ3) is 5.80. The highest BCUT2D eigenvalue weighted by atomic mass is 32.1. The van der Waals surface area contributed by atoms with Crippen molar-refractivity contribution in [2.75, 3.05) is 19.0 Å². The Hall–Kier alpha value is -3.38. The zero-order valence-electron chi connectivity index (χ0n) is 16.2. The molecule has 3 aromatic rings. The van der Waals surface area contributed by atoms with E-state index in [1.165, 1.54) is 11.3 Å². The van der Waals surface area contributed by atoms with Gasteiger partial charge in [0, 0.05) is 16.6 Å². The number of nitrogens with one attached hydrogen (secondary N) is 1. The van der Waals surface area contributed by atoms with Gasteiger partial charge in [0.25, 0.3) is 5.91 Å². The first kappa shape index (κ1) is 20.4. The highest BCUT2D eigenvalue weighted by molar-refractivity contribution is 7.11. The van der Waals surface area contributed by atoms with Gasteiger partial charge in [0.15, 0.2) is 6.61 Å². The number of hydrogen-bond acceptors (Lipinski definition) is 5. The number of thiophene rings is 1. The van der Waals surface area contributed by atoms with Gasteiger partial charge in [-0.15, -0.1) is 11.3 Å². The lowest BCUT2D eigenvalue weighted by Gasteiger charge is -2.09. The standard InChI is InChI=1S/C23H21NO4S/c1-16-6-3-7-17(12-16)13-20(21-10-5-11-29-21)23(26)28-15-22(25)24-18-8-4-9-19(14-18)27-2/h3-14H,15H2,1-2H3,(H,24,25)/b20-13+. The molecule has 1 aromatic heterocycles. The third-order valence-electron chi connectivity index (χ3n) is 4.05. The van der Waals surface area contributed by atoms with Crippen LogP contribution in [0, 0.1) is 6.92 Å². The van der Waals surface area contributed by atoms with Crippen molar-refractivity contribution in [2.24, 2.45) is 0 Å². The minimum Gasteiger partial charge on any atom is -0.497 e. The predicted molar refractivity (Wildman–Crippen MR) is 116 cm³/mol. The fraction of sp³-hybridized carbons (Fsp3) is 0.130. The molecule has 5 nitrogen and oxygen atoms in total. The van der Waals surface area contributed by atoms with E-state index >= 15 is 0 Å². The molecule has 1 heterocycles. The summed E-state index contributed by atoms with van der Waals surface area (Å²) in [7, 11) is 1.55. The summed E-state index contributed by atoms with van der Waals surface area (Å²) in [4.78, 5) is 25.7. The highest BCUT2D eigenvalue weighted by Crippen LogP contribution is 2.24. The summed E-state index contributed by atoms with van der Waals surface area (Å²) in [6.45, 7) is 1.61. The molecular weight excluding hydrogens is 386 g/mol. The van der Waals surface area contributed by atoms with Gasteiger partial charge >= 0.3 is 5.97 Å². The first-order chi connectivity index (χ1) is 14.0. The summed E-state index contributed by atoms with van der Waals surface area (Å²) >= 11 is 1.44. The van der Waals surface area contributed by atoms with Crippen molar-refractivity contribution < 1.29 is 19.1 Å². The van der Waals surface area contributed by atoms with E-state index in [2.05, 4.69) is 5.32 Å². The van der Waals surface area contributed by atoms with Gasteiger partial charge < -0.3 is 14.8 Å². The average molecular weight is 407 g/mol. The normalized spacial score (nSPS) is 11.0. The molecule has 0 atom stereocenters. The molecule has 0 unspecified atom stereocenters.